The van der Waals surface area contributed by atoms with E-state index in [0.29, 0.717) is 0 Å². The first-order valence-electron chi connectivity index (χ1n) is 3.89. The summed E-state index contributed by atoms with van der Waals surface area (Å²) in [6.07, 6.45) is 4.66. The Kier molecular flexibility index (Phi) is 1.72. The van der Waals surface area contributed by atoms with Crippen LogP contribution in [0.3, 0.4) is 0 Å². The molecule has 1 aromatic heterocycles. The van der Waals surface area contributed by atoms with Crippen LogP contribution in [-0.2, 0) is 0 Å². The zero-order valence-corrected chi connectivity index (χ0v) is 8.06. The van der Waals surface area contributed by atoms with Gasteiger partial charge in [0.05, 0.1) is 0 Å². The van der Waals surface area contributed by atoms with Crippen LogP contribution >= 0.6 is 15.9 Å². The highest BCUT2D eigenvalue weighted by molar-refractivity contribution is 9.10. The molecule has 0 bridgehead atoms. The summed E-state index contributed by atoms with van der Waals surface area (Å²) in [5.41, 5.74) is 2.81. The molecule has 0 unspecified atom stereocenters. The standard InChI is InChI=1S/C9H10BrN/c1-6-5-11-9(10)4-8(6)7-2-3-7/h4-5,7H,2-3H2,1H3. The van der Waals surface area contributed by atoms with Crippen molar-refractivity contribution in [1.82, 2.24) is 4.98 Å². The Labute approximate surface area is 75.0 Å². The van der Waals surface area contributed by atoms with Gasteiger partial charge in [-0.1, -0.05) is 0 Å². The lowest BCUT2D eigenvalue weighted by Gasteiger charge is -2.02. The van der Waals surface area contributed by atoms with E-state index >= 15 is 0 Å². The minimum absolute atomic E-state index is 0.828. The van der Waals surface area contributed by atoms with Gasteiger partial charge in [-0.2, -0.15) is 0 Å². The fourth-order valence-electron chi connectivity index (χ4n) is 1.35. The molecular formula is C9H10BrN. The third-order valence-electron chi connectivity index (χ3n) is 2.13. The molecule has 1 fully saturated rings. The molecule has 0 N–H and O–H groups in total. The summed E-state index contributed by atoms with van der Waals surface area (Å²) in [7, 11) is 0. The van der Waals surface area contributed by atoms with E-state index in [1.165, 1.54) is 24.0 Å². The van der Waals surface area contributed by atoms with Crippen LogP contribution in [0.4, 0.5) is 0 Å². The zero-order valence-electron chi connectivity index (χ0n) is 6.47. The molecule has 0 aliphatic heterocycles. The first-order chi connectivity index (χ1) is 5.27. The minimum Gasteiger partial charge on any atom is -0.249 e. The number of aromatic nitrogens is 1. The van der Waals surface area contributed by atoms with Crippen molar-refractivity contribution in [3.05, 3.63) is 28.0 Å². The van der Waals surface area contributed by atoms with E-state index in [9.17, 15) is 0 Å². The van der Waals surface area contributed by atoms with E-state index in [1.54, 1.807) is 0 Å². The van der Waals surface area contributed by atoms with E-state index in [4.69, 9.17) is 0 Å². The maximum atomic E-state index is 4.17. The molecule has 2 heteroatoms. The van der Waals surface area contributed by atoms with Crippen LogP contribution in [0.2, 0.25) is 0 Å². The van der Waals surface area contributed by atoms with Gasteiger partial charge in [0.25, 0.3) is 0 Å². The fourth-order valence-corrected chi connectivity index (χ4v) is 1.70. The lowest BCUT2D eigenvalue weighted by Crippen LogP contribution is -1.87. The average Bonchev–Trinajstić information content (AvgIpc) is 2.76. The van der Waals surface area contributed by atoms with E-state index in [2.05, 4.69) is 33.9 Å². The second kappa shape index (κ2) is 2.59. The molecule has 58 valence electrons. The van der Waals surface area contributed by atoms with Crippen LogP contribution in [-0.4, -0.2) is 4.98 Å². The summed E-state index contributed by atoms with van der Waals surface area (Å²) in [4.78, 5) is 4.17. The van der Waals surface area contributed by atoms with E-state index in [1.807, 2.05) is 6.20 Å². The Hall–Kier alpha value is -0.370. The number of pyridine rings is 1. The predicted molar refractivity (Wildman–Crippen MR) is 48.6 cm³/mol. The normalized spacial score (nSPS) is 16.9. The van der Waals surface area contributed by atoms with Crippen LogP contribution in [0, 0.1) is 6.92 Å². The Bertz CT molecular complexity index is 279. The van der Waals surface area contributed by atoms with Gasteiger partial charge in [0.15, 0.2) is 0 Å². The monoisotopic (exact) mass is 211 g/mol. The van der Waals surface area contributed by atoms with Crippen molar-refractivity contribution < 1.29 is 0 Å². The van der Waals surface area contributed by atoms with Crippen LogP contribution in [0.1, 0.15) is 29.9 Å². The van der Waals surface area contributed by atoms with Crippen LogP contribution < -0.4 is 0 Å². The highest BCUT2D eigenvalue weighted by atomic mass is 79.9. The van der Waals surface area contributed by atoms with Gasteiger partial charge in [-0.15, -0.1) is 0 Å². The molecule has 1 aliphatic rings. The number of halogens is 1. The number of rotatable bonds is 1. The molecule has 1 saturated carbocycles. The van der Waals surface area contributed by atoms with Gasteiger partial charge in [-0.05, 0) is 58.8 Å². The fraction of sp³-hybridized carbons (Fsp3) is 0.444. The predicted octanol–water partition coefficient (Wildman–Crippen LogP) is 3.03. The van der Waals surface area contributed by atoms with Crippen molar-refractivity contribution in [3.8, 4) is 0 Å². The van der Waals surface area contributed by atoms with Crippen LogP contribution in [0.15, 0.2) is 16.9 Å². The third kappa shape index (κ3) is 1.45. The van der Waals surface area contributed by atoms with Gasteiger partial charge >= 0.3 is 0 Å². The number of hydrogen-bond donors (Lipinski definition) is 0. The number of hydrogen-bond acceptors (Lipinski definition) is 1. The largest absolute Gasteiger partial charge is 0.249 e. The second-order valence-electron chi connectivity index (χ2n) is 3.14. The highest BCUT2D eigenvalue weighted by Gasteiger charge is 2.25. The summed E-state index contributed by atoms with van der Waals surface area (Å²) in [5, 5.41) is 0. The molecule has 0 amide bonds. The molecule has 1 aliphatic carbocycles. The molecule has 1 nitrogen and oxygen atoms in total. The van der Waals surface area contributed by atoms with E-state index in [0.717, 1.165) is 10.5 Å². The maximum absolute atomic E-state index is 4.17. The Morgan fingerprint density at radius 3 is 2.91 bits per heavy atom. The summed E-state index contributed by atoms with van der Waals surface area (Å²) < 4.78 is 0.963. The van der Waals surface area contributed by atoms with Gasteiger partial charge in [0.2, 0.25) is 0 Å². The topological polar surface area (TPSA) is 12.9 Å². The molecule has 1 aromatic rings. The van der Waals surface area contributed by atoms with Gasteiger partial charge in [0.1, 0.15) is 4.60 Å². The van der Waals surface area contributed by atoms with Crippen LogP contribution in [0.5, 0.6) is 0 Å². The molecule has 0 aromatic carbocycles. The summed E-state index contributed by atoms with van der Waals surface area (Å²) in [6, 6.07) is 2.15. The molecule has 11 heavy (non-hydrogen) atoms. The summed E-state index contributed by atoms with van der Waals surface area (Å²) in [6.45, 7) is 2.13. The average molecular weight is 212 g/mol. The molecule has 0 radical (unpaired) electrons. The van der Waals surface area contributed by atoms with Crippen molar-refractivity contribution >= 4 is 15.9 Å². The van der Waals surface area contributed by atoms with Crippen molar-refractivity contribution in [2.24, 2.45) is 0 Å². The van der Waals surface area contributed by atoms with Gasteiger partial charge in [-0.3, -0.25) is 0 Å². The molecule has 0 saturated heterocycles. The Balaban J connectivity index is 2.42. The molecule has 0 spiro atoms. The Morgan fingerprint density at radius 2 is 2.27 bits per heavy atom. The lowest BCUT2D eigenvalue weighted by molar-refractivity contribution is 1.06. The maximum Gasteiger partial charge on any atom is 0.106 e. The quantitative estimate of drug-likeness (QED) is 0.652. The highest BCUT2D eigenvalue weighted by Crippen LogP contribution is 2.41. The SMILES string of the molecule is Cc1cnc(Br)cc1C1CC1. The third-order valence-corrected chi connectivity index (χ3v) is 2.56. The van der Waals surface area contributed by atoms with Gasteiger partial charge in [0, 0.05) is 6.20 Å². The minimum atomic E-state index is 0.828. The molecule has 1 heterocycles. The zero-order chi connectivity index (χ0) is 7.84. The Morgan fingerprint density at radius 1 is 1.55 bits per heavy atom. The smallest absolute Gasteiger partial charge is 0.106 e. The number of nitrogens with zero attached hydrogens (tertiary/aromatic N) is 1. The van der Waals surface area contributed by atoms with Gasteiger partial charge in [-0.25, -0.2) is 4.98 Å². The summed E-state index contributed by atoms with van der Waals surface area (Å²) in [5.74, 6) is 0.828. The first-order valence-corrected chi connectivity index (χ1v) is 4.68. The first kappa shape index (κ1) is 7.29. The van der Waals surface area contributed by atoms with Gasteiger partial charge < -0.3 is 0 Å². The lowest BCUT2D eigenvalue weighted by atomic mass is 10.1. The van der Waals surface area contributed by atoms with Crippen LogP contribution in [0.25, 0.3) is 0 Å². The van der Waals surface area contributed by atoms with Crippen molar-refractivity contribution in [2.45, 2.75) is 25.7 Å². The second-order valence-corrected chi connectivity index (χ2v) is 3.95. The van der Waals surface area contributed by atoms with Crippen molar-refractivity contribution in [1.29, 1.82) is 0 Å². The van der Waals surface area contributed by atoms with E-state index in [-0.39, 0.29) is 0 Å². The molecule has 0 atom stereocenters. The summed E-state index contributed by atoms with van der Waals surface area (Å²) >= 11 is 3.38. The number of aryl methyl sites for hydroxylation is 1. The molecular weight excluding hydrogens is 202 g/mol. The van der Waals surface area contributed by atoms with Crippen molar-refractivity contribution in [2.75, 3.05) is 0 Å². The van der Waals surface area contributed by atoms with E-state index < -0.39 is 0 Å². The molecule has 2 rings (SSSR count). The van der Waals surface area contributed by atoms with Crippen molar-refractivity contribution in [3.63, 3.8) is 0 Å².